The van der Waals surface area contributed by atoms with Crippen molar-refractivity contribution >= 4 is 31.9 Å². The zero-order chi connectivity index (χ0) is 8.43. The van der Waals surface area contributed by atoms with Crippen molar-refractivity contribution in [2.45, 2.75) is 13.5 Å². The van der Waals surface area contributed by atoms with Crippen LogP contribution in [0.2, 0.25) is 0 Å². The highest BCUT2D eigenvalue weighted by atomic mass is 79.9. The molecule has 0 spiro atoms. The Bertz CT molecular complexity index is 271. The number of benzene rings is 1. The van der Waals surface area contributed by atoms with E-state index in [1.165, 1.54) is 11.1 Å². The molecule has 3 heteroatoms. The molecule has 0 fully saturated rings. The average Bonchev–Trinajstić information content (AvgIpc) is 1.96. The van der Waals surface area contributed by atoms with Crippen LogP contribution in [0.3, 0.4) is 0 Å². The second-order valence-electron chi connectivity index (χ2n) is 2.38. The lowest BCUT2D eigenvalue weighted by atomic mass is 10.1. The molecule has 0 aliphatic rings. The van der Waals surface area contributed by atoms with Gasteiger partial charge < -0.3 is 5.73 Å². The van der Waals surface area contributed by atoms with Crippen LogP contribution in [0.25, 0.3) is 0 Å². The Balaban J connectivity index is 3.24. The van der Waals surface area contributed by atoms with Crippen LogP contribution in [0.15, 0.2) is 21.1 Å². The molecule has 0 aliphatic heterocycles. The monoisotopic (exact) mass is 277 g/mol. The van der Waals surface area contributed by atoms with Gasteiger partial charge in [-0.25, -0.2) is 0 Å². The summed E-state index contributed by atoms with van der Waals surface area (Å²) in [6.07, 6.45) is 0. The maximum Gasteiger partial charge on any atom is 0.0218 e. The quantitative estimate of drug-likeness (QED) is 0.840. The third-order valence-electron chi connectivity index (χ3n) is 1.64. The highest BCUT2D eigenvalue weighted by Gasteiger charge is 2.01. The van der Waals surface area contributed by atoms with E-state index in [4.69, 9.17) is 5.73 Å². The van der Waals surface area contributed by atoms with E-state index in [0.29, 0.717) is 6.54 Å². The van der Waals surface area contributed by atoms with Crippen molar-refractivity contribution in [3.63, 3.8) is 0 Å². The third-order valence-corrected chi connectivity index (χ3v) is 2.92. The first-order chi connectivity index (χ1) is 5.15. The summed E-state index contributed by atoms with van der Waals surface area (Å²) in [7, 11) is 0. The molecule has 0 saturated heterocycles. The fourth-order valence-electron chi connectivity index (χ4n) is 0.911. The molecule has 0 amide bonds. The maximum atomic E-state index is 5.55. The highest BCUT2D eigenvalue weighted by molar-refractivity contribution is 9.11. The minimum atomic E-state index is 0.587. The van der Waals surface area contributed by atoms with Crippen molar-refractivity contribution in [3.8, 4) is 0 Å². The molecule has 0 unspecified atom stereocenters. The van der Waals surface area contributed by atoms with Crippen LogP contribution in [-0.2, 0) is 6.54 Å². The smallest absolute Gasteiger partial charge is 0.0218 e. The molecule has 2 N–H and O–H groups in total. The summed E-state index contributed by atoms with van der Waals surface area (Å²) in [5.41, 5.74) is 7.94. The number of hydrogen-bond acceptors (Lipinski definition) is 1. The van der Waals surface area contributed by atoms with Gasteiger partial charge in [0, 0.05) is 15.5 Å². The lowest BCUT2D eigenvalue weighted by Gasteiger charge is -2.05. The summed E-state index contributed by atoms with van der Waals surface area (Å²) < 4.78 is 2.17. The van der Waals surface area contributed by atoms with Gasteiger partial charge in [-0.3, -0.25) is 0 Å². The van der Waals surface area contributed by atoms with E-state index in [1.54, 1.807) is 0 Å². The zero-order valence-electron chi connectivity index (χ0n) is 6.20. The van der Waals surface area contributed by atoms with Gasteiger partial charge >= 0.3 is 0 Å². The van der Waals surface area contributed by atoms with E-state index in [-0.39, 0.29) is 0 Å². The molecule has 1 aromatic carbocycles. The van der Waals surface area contributed by atoms with E-state index in [1.807, 2.05) is 12.1 Å². The van der Waals surface area contributed by atoms with Crippen LogP contribution in [0, 0.1) is 6.92 Å². The molecule has 1 nitrogen and oxygen atoms in total. The summed E-state index contributed by atoms with van der Waals surface area (Å²) in [6.45, 7) is 2.64. The Kier molecular flexibility index (Phi) is 3.10. The van der Waals surface area contributed by atoms with E-state index >= 15 is 0 Å². The summed E-state index contributed by atoms with van der Waals surface area (Å²) in [4.78, 5) is 0. The Morgan fingerprint density at radius 2 is 2.00 bits per heavy atom. The first-order valence-corrected chi connectivity index (χ1v) is 4.88. The van der Waals surface area contributed by atoms with Crippen LogP contribution in [-0.4, -0.2) is 0 Å². The molecule has 0 aromatic heterocycles. The van der Waals surface area contributed by atoms with Crippen molar-refractivity contribution in [3.05, 3.63) is 32.2 Å². The molecule has 0 bridgehead atoms. The largest absolute Gasteiger partial charge is 0.326 e. The van der Waals surface area contributed by atoms with Gasteiger partial charge in [-0.1, -0.05) is 31.9 Å². The minimum Gasteiger partial charge on any atom is -0.326 e. The van der Waals surface area contributed by atoms with Crippen molar-refractivity contribution < 1.29 is 0 Å². The molecule has 0 aliphatic carbocycles. The minimum absolute atomic E-state index is 0.587. The number of rotatable bonds is 1. The van der Waals surface area contributed by atoms with Crippen molar-refractivity contribution in [2.24, 2.45) is 5.73 Å². The molecule has 1 rings (SSSR count). The molecular formula is C8H9Br2N. The molecule has 0 saturated carbocycles. The third kappa shape index (κ3) is 2.04. The fraction of sp³-hybridized carbons (Fsp3) is 0.250. The Morgan fingerprint density at radius 1 is 1.36 bits per heavy atom. The molecule has 1 aromatic rings. The SMILES string of the molecule is Cc1c(Br)cc(Br)cc1CN. The number of nitrogens with two attached hydrogens (primary N) is 1. The van der Waals surface area contributed by atoms with Gasteiger partial charge in [-0.2, -0.15) is 0 Å². The van der Waals surface area contributed by atoms with Gasteiger partial charge in [0.05, 0.1) is 0 Å². The van der Waals surface area contributed by atoms with Gasteiger partial charge in [0.1, 0.15) is 0 Å². The summed E-state index contributed by atoms with van der Waals surface area (Å²) >= 11 is 6.85. The summed E-state index contributed by atoms with van der Waals surface area (Å²) in [5, 5.41) is 0. The van der Waals surface area contributed by atoms with E-state index in [9.17, 15) is 0 Å². The van der Waals surface area contributed by atoms with Crippen molar-refractivity contribution in [2.75, 3.05) is 0 Å². The Morgan fingerprint density at radius 3 is 2.55 bits per heavy atom. The topological polar surface area (TPSA) is 26.0 Å². The van der Waals surface area contributed by atoms with Gasteiger partial charge in [0.25, 0.3) is 0 Å². The van der Waals surface area contributed by atoms with Crippen LogP contribution in [0.1, 0.15) is 11.1 Å². The molecule has 0 heterocycles. The van der Waals surface area contributed by atoms with Gasteiger partial charge in [0.15, 0.2) is 0 Å². The van der Waals surface area contributed by atoms with Gasteiger partial charge in [0.2, 0.25) is 0 Å². The molecule has 60 valence electrons. The standard InChI is InChI=1S/C8H9Br2N/c1-5-6(4-11)2-7(9)3-8(5)10/h2-3H,4,11H2,1H3. The second kappa shape index (κ2) is 3.70. The van der Waals surface area contributed by atoms with Crippen LogP contribution in [0.5, 0.6) is 0 Å². The van der Waals surface area contributed by atoms with Crippen LogP contribution in [0.4, 0.5) is 0 Å². The van der Waals surface area contributed by atoms with E-state index < -0.39 is 0 Å². The molecule has 0 atom stereocenters. The summed E-state index contributed by atoms with van der Waals surface area (Å²) in [6, 6.07) is 4.06. The zero-order valence-corrected chi connectivity index (χ0v) is 9.37. The molecule has 0 radical (unpaired) electrons. The molecule has 11 heavy (non-hydrogen) atoms. The van der Waals surface area contributed by atoms with Crippen LogP contribution < -0.4 is 5.73 Å². The highest BCUT2D eigenvalue weighted by Crippen LogP contribution is 2.24. The lowest BCUT2D eigenvalue weighted by Crippen LogP contribution is -1.99. The first kappa shape index (κ1) is 9.23. The number of hydrogen-bond donors (Lipinski definition) is 1. The van der Waals surface area contributed by atoms with E-state index in [2.05, 4.69) is 38.8 Å². The normalized spacial score (nSPS) is 10.2. The summed E-state index contributed by atoms with van der Waals surface area (Å²) in [5.74, 6) is 0. The van der Waals surface area contributed by atoms with Gasteiger partial charge in [-0.15, -0.1) is 0 Å². The van der Waals surface area contributed by atoms with E-state index in [0.717, 1.165) is 8.95 Å². The Labute approximate surface area is 83.2 Å². The van der Waals surface area contributed by atoms with Crippen molar-refractivity contribution in [1.82, 2.24) is 0 Å². The predicted molar refractivity (Wildman–Crippen MR) is 54.5 cm³/mol. The first-order valence-electron chi connectivity index (χ1n) is 3.29. The lowest BCUT2D eigenvalue weighted by molar-refractivity contribution is 1.04. The van der Waals surface area contributed by atoms with Crippen LogP contribution >= 0.6 is 31.9 Å². The Hall–Kier alpha value is 0.140. The van der Waals surface area contributed by atoms with Gasteiger partial charge in [-0.05, 0) is 30.2 Å². The predicted octanol–water partition coefficient (Wildman–Crippen LogP) is 2.98. The number of halogens is 2. The fourth-order valence-corrected chi connectivity index (χ4v) is 2.22. The maximum absolute atomic E-state index is 5.55. The average molecular weight is 279 g/mol. The van der Waals surface area contributed by atoms with Crippen molar-refractivity contribution in [1.29, 1.82) is 0 Å². The molecular weight excluding hydrogens is 270 g/mol. The second-order valence-corrected chi connectivity index (χ2v) is 4.15.